The maximum atomic E-state index is 15.2. The van der Waals surface area contributed by atoms with Gasteiger partial charge in [0.1, 0.15) is 12.1 Å². The lowest BCUT2D eigenvalue weighted by atomic mass is 9.92. The van der Waals surface area contributed by atoms with Crippen molar-refractivity contribution in [1.29, 1.82) is 0 Å². The Kier molecular flexibility index (Phi) is 7.00. The highest BCUT2D eigenvalue weighted by Gasteiger charge is 2.41. The van der Waals surface area contributed by atoms with Gasteiger partial charge in [0.05, 0.1) is 17.3 Å². The number of halogens is 2. The first-order valence-electron chi connectivity index (χ1n) is 11.5. The van der Waals surface area contributed by atoms with Crippen LogP contribution in [0.1, 0.15) is 49.2 Å². The molecular formula is C25H31BrFN5O2Si. The number of ether oxygens (including phenoxy) is 1. The molecule has 7 nitrogen and oxygen atoms in total. The Balaban J connectivity index is 1.66. The summed E-state index contributed by atoms with van der Waals surface area (Å²) in [4.78, 5) is 19.3. The third-order valence-electron chi connectivity index (χ3n) is 6.90. The summed E-state index contributed by atoms with van der Waals surface area (Å²) in [7, 11) is -0.0225. The lowest BCUT2D eigenvalue weighted by molar-refractivity contribution is 0.270. The minimum Gasteiger partial charge on any atom is -0.421 e. The number of anilines is 1. The Bertz CT molecular complexity index is 1240. The molecule has 0 aliphatic carbocycles. The number of hydrogen-bond acceptors (Lipinski definition) is 7. The van der Waals surface area contributed by atoms with Crippen molar-refractivity contribution in [3.05, 3.63) is 65.1 Å². The van der Waals surface area contributed by atoms with Gasteiger partial charge in [-0.05, 0) is 48.8 Å². The van der Waals surface area contributed by atoms with Crippen LogP contribution >= 0.6 is 15.9 Å². The second-order valence-electron chi connectivity index (χ2n) is 10.3. The molecule has 0 saturated carbocycles. The number of fused-ring (bicyclic) bond motifs is 1. The van der Waals surface area contributed by atoms with Gasteiger partial charge in [0.2, 0.25) is 0 Å². The molecule has 0 amide bonds. The SMILES string of the molecule is Cc1ccnc(Oc2ccc(C3c4c(CO[Si](C)(C)C(C)(C)C)ncnc4N(C)C3Br)cc2F)n1. The van der Waals surface area contributed by atoms with Gasteiger partial charge in [0.15, 0.2) is 19.9 Å². The first kappa shape index (κ1) is 25.7. The molecule has 186 valence electrons. The van der Waals surface area contributed by atoms with Gasteiger partial charge >= 0.3 is 6.01 Å². The van der Waals surface area contributed by atoms with Crippen LogP contribution in [0.25, 0.3) is 0 Å². The van der Waals surface area contributed by atoms with Crippen molar-refractivity contribution < 1.29 is 13.6 Å². The van der Waals surface area contributed by atoms with Crippen molar-refractivity contribution in [3.8, 4) is 11.8 Å². The minimum absolute atomic E-state index is 0.0721. The van der Waals surface area contributed by atoms with Crippen molar-refractivity contribution in [2.75, 3.05) is 11.9 Å². The van der Waals surface area contributed by atoms with Gasteiger partial charge in [-0.1, -0.05) is 42.8 Å². The van der Waals surface area contributed by atoms with Crippen LogP contribution in [0.2, 0.25) is 18.1 Å². The smallest absolute Gasteiger partial charge is 0.322 e. The van der Waals surface area contributed by atoms with Crippen LogP contribution < -0.4 is 9.64 Å². The van der Waals surface area contributed by atoms with Crippen molar-refractivity contribution >= 4 is 30.1 Å². The van der Waals surface area contributed by atoms with Crippen molar-refractivity contribution in [2.45, 2.75) is 63.3 Å². The maximum Gasteiger partial charge on any atom is 0.322 e. The van der Waals surface area contributed by atoms with E-state index in [4.69, 9.17) is 9.16 Å². The van der Waals surface area contributed by atoms with Crippen molar-refractivity contribution in [1.82, 2.24) is 19.9 Å². The summed E-state index contributed by atoms with van der Waals surface area (Å²) in [5.74, 6) is 0.213. The Labute approximate surface area is 215 Å². The quantitative estimate of drug-likeness (QED) is 0.198. The highest BCUT2D eigenvalue weighted by atomic mass is 79.9. The van der Waals surface area contributed by atoms with Gasteiger partial charge in [-0.25, -0.2) is 24.3 Å². The molecule has 35 heavy (non-hydrogen) atoms. The second-order valence-corrected chi connectivity index (χ2v) is 16.1. The van der Waals surface area contributed by atoms with E-state index < -0.39 is 14.1 Å². The van der Waals surface area contributed by atoms with Crippen LogP contribution in [0.3, 0.4) is 0 Å². The zero-order valence-electron chi connectivity index (χ0n) is 21.1. The molecule has 0 fully saturated rings. The van der Waals surface area contributed by atoms with Crippen molar-refractivity contribution in [3.63, 3.8) is 0 Å². The molecule has 0 N–H and O–H groups in total. The molecule has 1 aromatic carbocycles. The molecule has 0 spiro atoms. The van der Waals surface area contributed by atoms with E-state index in [0.29, 0.717) is 6.61 Å². The predicted molar refractivity (Wildman–Crippen MR) is 140 cm³/mol. The molecule has 2 unspecified atom stereocenters. The first-order chi connectivity index (χ1) is 16.4. The van der Waals surface area contributed by atoms with Crippen LogP contribution in [0.5, 0.6) is 11.8 Å². The number of aryl methyl sites for hydroxylation is 1. The molecule has 2 atom stereocenters. The summed E-state index contributed by atoms with van der Waals surface area (Å²) in [5, 5.41) is 0.0807. The highest BCUT2D eigenvalue weighted by molar-refractivity contribution is 9.09. The van der Waals surface area contributed by atoms with Gasteiger partial charge in [-0.2, -0.15) is 0 Å². The van der Waals surface area contributed by atoms with Gasteiger partial charge in [-0.15, -0.1) is 0 Å². The monoisotopic (exact) mass is 559 g/mol. The lowest BCUT2D eigenvalue weighted by Crippen LogP contribution is -2.40. The number of aromatic nitrogens is 4. The summed E-state index contributed by atoms with van der Waals surface area (Å²) in [5.41, 5.74) is 3.31. The Hall–Kier alpha value is -2.43. The zero-order chi connectivity index (χ0) is 25.5. The van der Waals surface area contributed by atoms with Crippen LogP contribution in [-0.4, -0.2) is 40.3 Å². The third-order valence-corrected chi connectivity index (χ3v) is 12.5. The van der Waals surface area contributed by atoms with Crippen molar-refractivity contribution in [2.24, 2.45) is 0 Å². The van der Waals surface area contributed by atoms with Gasteiger partial charge in [0, 0.05) is 30.4 Å². The number of likely N-dealkylation sites (N-methyl/N-ethyl adjacent to an activating group) is 1. The van der Waals surface area contributed by atoms with Crippen LogP contribution in [0.4, 0.5) is 10.2 Å². The lowest BCUT2D eigenvalue weighted by Gasteiger charge is -2.36. The van der Waals surface area contributed by atoms with E-state index in [1.165, 1.54) is 6.07 Å². The number of hydrogen-bond donors (Lipinski definition) is 0. The Morgan fingerprint density at radius 1 is 1.14 bits per heavy atom. The fourth-order valence-electron chi connectivity index (χ4n) is 3.77. The van der Waals surface area contributed by atoms with Crippen LogP contribution in [0.15, 0.2) is 36.8 Å². The second kappa shape index (κ2) is 9.55. The standard InChI is InChI=1S/C25H31BrFN5O2Si/c1-15-10-11-28-24(31-15)34-19-9-8-16(12-17(19)27)20-21-18(13-33-35(6,7)25(2,3)4)29-14-30-23(21)32(5)22(20)26/h8-12,14,20,22H,13H2,1-7H3. The summed E-state index contributed by atoms with van der Waals surface area (Å²) >= 11 is 3.80. The molecule has 4 rings (SSSR count). The summed E-state index contributed by atoms with van der Waals surface area (Å²) < 4.78 is 27.2. The molecule has 2 aromatic heterocycles. The number of rotatable bonds is 6. The van der Waals surface area contributed by atoms with E-state index in [1.807, 2.05) is 24.9 Å². The van der Waals surface area contributed by atoms with Gasteiger partial charge in [0.25, 0.3) is 0 Å². The molecule has 0 radical (unpaired) electrons. The molecular weight excluding hydrogens is 529 g/mol. The topological polar surface area (TPSA) is 73.3 Å². The number of alkyl halides is 1. The number of nitrogens with zero attached hydrogens (tertiary/aromatic N) is 5. The van der Waals surface area contributed by atoms with Crippen LogP contribution in [0, 0.1) is 12.7 Å². The Morgan fingerprint density at radius 3 is 2.54 bits per heavy atom. The first-order valence-corrected chi connectivity index (χ1v) is 15.3. The van der Waals surface area contributed by atoms with Gasteiger partial charge in [-0.3, -0.25) is 0 Å². The Morgan fingerprint density at radius 2 is 1.89 bits per heavy atom. The summed E-state index contributed by atoms with van der Waals surface area (Å²) in [6.07, 6.45) is 3.15. The van der Waals surface area contributed by atoms with E-state index in [-0.39, 0.29) is 27.7 Å². The van der Waals surface area contributed by atoms with E-state index in [0.717, 1.165) is 28.3 Å². The maximum absolute atomic E-state index is 15.2. The average Bonchev–Trinajstić information content (AvgIpc) is 3.04. The van der Waals surface area contributed by atoms with E-state index in [9.17, 15) is 0 Å². The third kappa shape index (κ3) is 5.10. The largest absolute Gasteiger partial charge is 0.421 e. The molecule has 3 aromatic rings. The normalized spacial score (nSPS) is 18.0. The molecule has 1 aliphatic rings. The zero-order valence-corrected chi connectivity index (χ0v) is 23.7. The van der Waals surface area contributed by atoms with Gasteiger partial charge < -0.3 is 14.1 Å². The molecule has 0 saturated heterocycles. The summed E-state index contributed by atoms with van der Waals surface area (Å²) in [6, 6.07) is 6.84. The summed E-state index contributed by atoms with van der Waals surface area (Å²) in [6.45, 7) is 13.3. The molecule has 3 heterocycles. The fourth-order valence-corrected chi connectivity index (χ4v) is 5.47. The molecule has 0 bridgehead atoms. The number of benzene rings is 1. The molecule has 10 heteroatoms. The van der Waals surface area contributed by atoms with E-state index in [1.54, 1.807) is 24.7 Å². The average molecular weight is 561 g/mol. The fraction of sp³-hybridized carbons (Fsp3) is 0.440. The minimum atomic E-state index is -1.99. The van der Waals surface area contributed by atoms with E-state index >= 15 is 4.39 Å². The van der Waals surface area contributed by atoms with E-state index in [2.05, 4.69) is 69.7 Å². The molecule has 1 aliphatic heterocycles. The highest BCUT2D eigenvalue weighted by Crippen LogP contribution is 2.47. The van der Waals surface area contributed by atoms with Crippen LogP contribution in [-0.2, 0) is 11.0 Å². The predicted octanol–water partition coefficient (Wildman–Crippen LogP) is 6.33.